The van der Waals surface area contributed by atoms with Gasteiger partial charge in [0.1, 0.15) is 4.90 Å². The van der Waals surface area contributed by atoms with E-state index in [1.807, 2.05) is 5.32 Å². The molecule has 2 aromatic rings. The van der Waals surface area contributed by atoms with E-state index in [9.17, 15) is 26.4 Å². The van der Waals surface area contributed by atoms with Gasteiger partial charge in [-0.15, -0.1) is 0 Å². The second kappa shape index (κ2) is 9.15. The Labute approximate surface area is 172 Å². The normalized spacial score (nSPS) is 13.3. The predicted molar refractivity (Wildman–Crippen MR) is 104 cm³/mol. The second-order valence-electron chi connectivity index (χ2n) is 6.09. The number of benzene rings is 2. The maximum Gasteiger partial charge on any atom is 0.412 e. The summed E-state index contributed by atoms with van der Waals surface area (Å²) in [5.41, 5.74) is -0.386. The molecule has 0 aliphatic rings. The summed E-state index contributed by atoms with van der Waals surface area (Å²) in [5.74, 6) is -1.07. The first kappa shape index (κ1) is 23.2. The molecule has 0 radical (unpaired) electrons. The number of sulfonamides is 1. The van der Waals surface area contributed by atoms with Crippen molar-refractivity contribution in [1.29, 1.82) is 0 Å². The number of carbonyl (C=O) groups is 1. The molecule has 0 aliphatic heterocycles. The Hall–Kier alpha value is -2.10. The van der Waals surface area contributed by atoms with Crippen molar-refractivity contribution in [3.05, 3.63) is 64.7 Å². The summed E-state index contributed by atoms with van der Waals surface area (Å²) in [6.07, 6.45) is -4.74. The Kier molecular flexibility index (Phi) is 7.31. The summed E-state index contributed by atoms with van der Waals surface area (Å²) >= 11 is 6.00. The number of amides is 1. The summed E-state index contributed by atoms with van der Waals surface area (Å²) < 4.78 is 67.0. The molecule has 2 aromatic carbocycles. The summed E-state index contributed by atoms with van der Waals surface area (Å²) in [7, 11) is -4.00. The van der Waals surface area contributed by atoms with Crippen LogP contribution in [0.4, 0.5) is 13.2 Å². The second-order valence-corrected chi connectivity index (χ2v) is 8.41. The fourth-order valence-corrected chi connectivity index (χ4v) is 4.72. The highest BCUT2D eigenvalue weighted by molar-refractivity contribution is 7.89. The molecule has 1 atom stereocenters. The number of hydrogen-bond acceptors (Lipinski definition) is 3. The average molecular weight is 449 g/mol. The van der Waals surface area contributed by atoms with Crippen molar-refractivity contribution in [2.75, 3.05) is 13.1 Å². The quantitative estimate of drug-likeness (QED) is 0.682. The van der Waals surface area contributed by atoms with Crippen LogP contribution in [0.5, 0.6) is 0 Å². The van der Waals surface area contributed by atoms with Crippen LogP contribution < -0.4 is 5.32 Å². The van der Waals surface area contributed by atoms with E-state index in [-0.39, 0.29) is 34.1 Å². The molecule has 0 bridgehead atoms. The SMILES string of the molecule is CCN(CC)S(=O)(=O)c1cc(C(=O)N[C@@H](c2ccccc2)C(F)(F)F)ccc1Cl. The lowest BCUT2D eigenvalue weighted by Gasteiger charge is -2.23. The van der Waals surface area contributed by atoms with Crippen molar-refractivity contribution in [3.8, 4) is 0 Å². The number of rotatable bonds is 7. The van der Waals surface area contributed by atoms with Gasteiger partial charge < -0.3 is 5.32 Å². The molecule has 0 aromatic heterocycles. The van der Waals surface area contributed by atoms with E-state index in [0.29, 0.717) is 0 Å². The third kappa shape index (κ3) is 5.29. The molecule has 0 spiro atoms. The zero-order valence-corrected chi connectivity index (χ0v) is 17.3. The van der Waals surface area contributed by atoms with Gasteiger partial charge in [0.15, 0.2) is 6.04 Å². The number of nitrogens with zero attached hydrogens (tertiary/aromatic N) is 1. The Bertz CT molecular complexity index is 962. The largest absolute Gasteiger partial charge is 0.412 e. The lowest BCUT2D eigenvalue weighted by molar-refractivity contribution is -0.155. The van der Waals surface area contributed by atoms with Gasteiger partial charge in [-0.3, -0.25) is 4.79 Å². The Morgan fingerprint density at radius 1 is 1.10 bits per heavy atom. The Balaban J connectivity index is 2.41. The van der Waals surface area contributed by atoms with E-state index in [4.69, 9.17) is 11.6 Å². The first-order valence-corrected chi connectivity index (χ1v) is 10.6. The minimum atomic E-state index is -4.74. The van der Waals surface area contributed by atoms with Gasteiger partial charge in [0.25, 0.3) is 5.91 Å². The summed E-state index contributed by atoms with van der Waals surface area (Å²) in [6, 6.07) is 8.01. The molecule has 0 heterocycles. The molecule has 0 fully saturated rings. The number of carbonyl (C=O) groups excluding carboxylic acids is 1. The monoisotopic (exact) mass is 448 g/mol. The maximum atomic E-state index is 13.5. The van der Waals surface area contributed by atoms with Gasteiger partial charge in [-0.1, -0.05) is 55.8 Å². The highest BCUT2D eigenvalue weighted by atomic mass is 35.5. The predicted octanol–water partition coefficient (Wildman–Crippen LogP) is 4.40. The van der Waals surface area contributed by atoms with Crippen molar-refractivity contribution in [3.63, 3.8) is 0 Å². The average Bonchev–Trinajstić information content (AvgIpc) is 2.66. The molecule has 158 valence electrons. The van der Waals surface area contributed by atoms with E-state index in [1.165, 1.54) is 36.4 Å². The molecular weight excluding hydrogens is 429 g/mol. The van der Waals surface area contributed by atoms with Crippen LogP contribution in [0, 0.1) is 0 Å². The summed E-state index contributed by atoms with van der Waals surface area (Å²) in [4.78, 5) is 12.2. The van der Waals surface area contributed by atoms with E-state index < -0.39 is 28.1 Å². The van der Waals surface area contributed by atoms with Gasteiger partial charge in [-0.2, -0.15) is 17.5 Å². The molecule has 0 unspecified atom stereocenters. The smallest absolute Gasteiger partial charge is 0.337 e. The van der Waals surface area contributed by atoms with E-state index in [2.05, 4.69) is 0 Å². The number of halogens is 4. The van der Waals surface area contributed by atoms with Gasteiger partial charge in [0.2, 0.25) is 10.0 Å². The Morgan fingerprint density at radius 3 is 2.21 bits per heavy atom. The number of nitrogens with one attached hydrogen (secondary N) is 1. The minimum Gasteiger partial charge on any atom is -0.337 e. The van der Waals surface area contributed by atoms with Gasteiger partial charge >= 0.3 is 6.18 Å². The highest BCUT2D eigenvalue weighted by Gasteiger charge is 2.42. The summed E-state index contributed by atoms with van der Waals surface area (Å²) in [6.45, 7) is 3.63. The van der Waals surface area contributed by atoms with Crippen molar-refractivity contribution >= 4 is 27.5 Å². The zero-order chi connectivity index (χ0) is 21.8. The van der Waals surface area contributed by atoms with Crippen LogP contribution in [0.1, 0.15) is 35.8 Å². The van der Waals surface area contributed by atoms with Crippen LogP contribution in [0.15, 0.2) is 53.4 Å². The molecule has 0 aliphatic carbocycles. The Morgan fingerprint density at radius 2 is 1.69 bits per heavy atom. The topological polar surface area (TPSA) is 66.5 Å². The third-order valence-corrected chi connectivity index (χ3v) is 6.78. The lowest BCUT2D eigenvalue weighted by atomic mass is 10.1. The number of hydrogen-bond donors (Lipinski definition) is 1. The van der Waals surface area contributed by atoms with Crippen molar-refractivity contribution in [2.45, 2.75) is 31.0 Å². The lowest BCUT2D eigenvalue weighted by Crippen LogP contribution is -2.38. The van der Waals surface area contributed by atoms with E-state index in [1.54, 1.807) is 19.9 Å². The molecule has 1 amide bonds. The molecule has 29 heavy (non-hydrogen) atoms. The van der Waals surface area contributed by atoms with Crippen molar-refractivity contribution in [1.82, 2.24) is 9.62 Å². The zero-order valence-electron chi connectivity index (χ0n) is 15.7. The van der Waals surface area contributed by atoms with Crippen LogP contribution in [0.25, 0.3) is 0 Å². The van der Waals surface area contributed by atoms with Gasteiger partial charge in [0, 0.05) is 18.7 Å². The molecular formula is C19H20ClF3N2O3S. The molecule has 0 saturated heterocycles. The van der Waals surface area contributed by atoms with Gasteiger partial charge in [-0.25, -0.2) is 8.42 Å². The van der Waals surface area contributed by atoms with Gasteiger partial charge in [0.05, 0.1) is 5.02 Å². The molecule has 10 heteroatoms. The maximum absolute atomic E-state index is 13.5. The van der Waals surface area contributed by atoms with Crippen LogP contribution in [0.2, 0.25) is 5.02 Å². The van der Waals surface area contributed by atoms with Crippen LogP contribution >= 0.6 is 11.6 Å². The highest BCUT2D eigenvalue weighted by Crippen LogP contribution is 2.33. The van der Waals surface area contributed by atoms with E-state index in [0.717, 1.165) is 10.4 Å². The first-order valence-electron chi connectivity index (χ1n) is 8.74. The molecule has 0 saturated carbocycles. The van der Waals surface area contributed by atoms with Crippen LogP contribution in [-0.4, -0.2) is 37.9 Å². The molecule has 5 nitrogen and oxygen atoms in total. The molecule has 1 N–H and O–H groups in total. The number of alkyl halides is 3. The standard InChI is InChI=1S/C19H20ClF3N2O3S/c1-3-25(4-2)29(27,28)16-12-14(10-11-15(16)20)18(26)24-17(19(21,22)23)13-8-6-5-7-9-13/h5-12,17H,3-4H2,1-2H3,(H,24,26)/t17-/m0/s1. The minimum absolute atomic E-state index is 0.121. The van der Waals surface area contributed by atoms with Crippen LogP contribution in [-0.2, 0) is 10.0 Å². The van der Waals surface area contributed by atoms with Gasteiger partial charge in [-0.05, 0) is 23.8 Å². The van der Waals surface area contributed by atoms with E-state index >= 15 is 0 Å². The fourth-order valence-electron chi connectivity index (χ4n) is 2.76. The third-order valence-electron chi connectivity index (χ3n) is 4.25. The van der Waals surface area contributed by atoms with Crippen LogP contribution in [0.3, 0.4) is 0 Å². The summed E-state index contributed by atoms with van der Waals surface area (Å²) in [5, 5.41) is 1.81. The van der Waals surface area contributed by atoms with Crippen molar-refractivity contribution < 1.29 is 26.4 Å². The first-order chi connectivity index (χ1) is 13.5. The van der Waals surface area contributed by atoms with Crippen molar-refractivity contribution in [2.24, 2.45) is 0 Å². The molecule has 2 rings (SSSR count). The fraction of sp³-hybridized carbons (Fsp3) is 0.316.